The lowest BCUT2D eigenvalue weighted by Gasteiger charge is -2.24. The number of hydrogen-bond donors (Lipinski definition) is 1. The molecule has 0 unspecified atom stereocenters. The Morgan fingerprint density at radius 2 is 1.80 bits per heavy atom. The fraction of sp³-hybridized carbons (Fsp3) is 0.500. The monoisotopic (exact) mass is 317 g/mol. The summed E-state index contributed by atoms with van der Waals surface area (Å²) in [6.45, 7) is 5.77. The zero-order valence-corrected chi connectivity index (χ0v) is 13.5. The van der Waals surface area contributed by atoms with E-state index >= 15 is 0 Å². The summed E-state index contributed by atoms with van der Waals surface area (Å²) < 4.78 is 24.1. The van der Waals surface area contributed by atoms with Gasteiger partial charge < -0.3 is 5.32 Å². The maximum atomic E-state index is 12.1. The number of amides is 1. The molecule has 0 aromatic heterocycles. The van der Waals surface area contributed by atoms with Crippen LogP contribution in [0.1, 0.15) is 33.6 Å². The molecule has 1 aromatic carbocycles. The third kappa shape index (κ3) is 5.13. The van der Waals surface area contributed by atoms with E-state index in [0.29, 0.717) is 5.02 Å². The number of benzene rings is 1. The van der Waals surface area contributed by atoms with E-state index in [0.717, 1.165) is 6.42 Å². The van der Waals surface area contributed by atoms with Crippen LogP contribution in [0.3, 0.4) is 0 Å². The maximum absolute atomic E-state index is 12.1. The van der Waals surface area contributed by atoms with Crippen LogP contribution in [0, 0.1) is 0 Å². The summed E-state index contributed by atoms with van der Waals surface area (Å²) in [4.78, 5) is 11.9. The molecule has 1 N–H and O–H groups in total. The van der Waals surface area contributed by atoms with E-state index < -0.39 is 9.84 Å². The van der Waals surface area contributed by atoms with Crippen molar-refractivity contribution in [2.75, 3.05) is 5.75 Å². The normalized spacial score (nSPS) is 12.2. The van der Waals surface area contributed by atoms with Crippen molar-refractivity contribution < 1.29 is 13.2 Å². The summed E-state index contributed by atoms with van der Waals surface area (Å²) in [6, 6.07) is 5.94. The molecule has 0 saturated carbocycles. The SMILES string of the molecule is CCC(C)(C)NC(=O)CCS(=O)(=O)c1ccc(Cl)cc1. The van der Waals surface area contributed by atoms with Crippen LogP contribution in [0.15, 0.2) is 29.2 Å². The van der Waals surface area contributed by atoms with Crippen LogP contribution in [-0.4, -0.2) is 25.6 Å². The minimum Gasteiger partial charge on any atom is -0.351 e. The van der Waals surface area contributed by atoms with Gasteiger partial charge in [0.25, 0.3) is 0 Å². The van der Waals surface area contributed by atoms with Gasteiger partial charge in [-0.05, 0) is 44.5 Å². The average molecular weight is 318 g/mol. The molecule has 0 saturated heterocycles. The lowest BCUT2D eigenvalue weighted by Crippen LogP contribution is -2.43. The maximum Gasteiger partial charge on any atom is 0.221 e. The topological polar surface area (TPSA) is 63.2 Å². The highest BCUT2D eigenvalue weighted by atomic mass is 35.5. The molecule has 0 bridgehead atoms. The number of sulfone groups is 1. The van der Waals surface area contributed by atoms with Crippen molar-refractivity contribution in [1.29, 1.82) is 0 Å². The Morgan fingerprint density at radius 3 is 2.30 bits per heavy atom. The molecule has 0 atom stereocenters. The highest BCUT2D eigenvalue weighted by molar-refractivity contribution is 7.91. The third-order valence-electron chi connectivity index (χ3n) is 3.13. The molecule has 0 heterocycles. The van der Waals surface area contributed by atoms with Crippen molar-refractivity contribution in [3.8, 4) is 0 Å². The number of carbonyl (C=O) groups excluding carboxylic acids is 1. The second-order valence-electron chi connectivity index (χ2n) is 5.31. The van der Waals surface area contributed by atoms with E-state index in [1.165, 1.54) is 24.3 Å². The van der Waals surface area contributed by atoms with E-state index in [1.807, 2.05) is 20.8 Å². The predicted octanol–water partition coefficient (Wildman–Crippen LogP) is 2.81. The molecular weight excluding hydrogens is 298 g/mol. The molecule has 1 rings (SSSR count). The van der Waals surface area contributed by atoms with Crippen LogP contribution in [0.5, 0.6) is 0 Å². The van der Waals surface area contributed by atoms with Crippen molar-refractivity contribution >= 4 is 27.3 Å². The summed E-state index contributed by atoms with van der Waals surface area (Å²) >= 11 is 5.72. The van der Waals surface area contributed by atoms with Crippen LogP contribution in [0.2, 0.25) is 5.02 Å². The molecule has 0 aliphatic carbocycles. The van der Waals surface area contributed by atoms with Gasteiger partial charge in [0.2, 0.25) is 5.91 Å². The fourth-order valence-corrected chi connectivity index (χ4v) is 2.88. The predicted molar refractivity (Wildman–Crippen MR) is 80.6 cm³/mol. The van der Waals surface area contributed by atoms with Crippen LogP contribution in [-0.2, 0) is 14.6 Å². The van der Waals surface area contributed by atoms with Gasteiger partial charge in [0.15, 0.2) is 9.84 Å². The Balaban J connectivity index is 2.65. The van der Waals surface area contributed by atoms with Gasteiger partial charge in [0.1, 0.15) is 0 Å². The zero-order valence-electron chi connectivity index (χ0n) is 11.9. The number of nitrogens with one attached hydrogen (secondary N) is 1. The molecule has 112 valence electrons. The number of halogens is 1. The van der Waals surface area contributed by atoms with Gasteiger partial charge in [-0.15, -0.1) is 0 Å². The Labute approximate surface area is 125 Å². The van der Waals surface area contributed by atoms with Crippen LogP contribution in [0.25, 0.3) is 0 Å². The summed E-state index contributed by atoms with van der Waals surface area (Å²) in [5.74, 6) is -0.463. The van der Waals surface area contributed by atoms with Crippen LogP contribution in [0.4, 0.5) is 0 Å². The van der Waals surface area contributed by atoms with Gasteiger partial charge in [0, 0.05) is 17.0 Å². The minimum absolute atomic E-state index is 0.0472. The van der Waals surface area contributed by atoms with E-state index in [1.54, 1.807) is 0 Å². The summed E-state index contributed by atoms with van der Waals surface area (Å²) in [6.07, 6.45) is 0.733. The smallest absolute Gasteiger partial charge is 0.221 e. The lowest BCUT2D eigenvalue weighted by molar-refractivity contribution is -0.122. The van der Waals surface area contributed by atoms with Crippen molar-refractivity contribution in [1.82, 2.24) is 5.32 Å². The van der Waals surface area contributed by atoms with Gasteiger partial charge in [-0.25, -0.2) is 8.42 Å². The highest BCUT2D eigenvalue weighted by Crippen LogP contribution is 2.16. The fourth-order valence-electron chi connectivity index (χ4n) is 1.52. The molecule has 1 amide bonds. The Morgan fingerprint density at radius 1 is 1.25 bits per heavy atom. The first-order valence-electron chi connectivity index (χ1n) is 6.45. The largest absolute Gasteiger partial charge is 0.351 e. The molecule has 0 aliphatic rings. The Bertz CT molecular complexity index is 565. The second-order valence-corrected chi connectivity index (χ2v) is 7.85. The Kier molecular flexibility index (Phi) is 5.59. The number of hydrogen-bond acceptors (Lipinski definition) is 3. The van der Waals surface area contributed by atoms with Crippen LogP contribution >= 0.6 is 11.6 Å². The van der Waals surface area contributed by atoms with Crippen LogP contribution < -0.4 is 5.32 Å². The van der Waals surface area contributed by atoms with E-state index in [9.17, 15) is 13.2 Å². The molecule has 4 nitrogen and oxygen atoms in total. The minimum atomic E-state index is -3.45. The highest BCUT2D eigenvalue weighted by Gasteiger charge is 2.20. The Hall–Kier alpha value is -1.07. The van der Waals surface area contributed by atoms with Gasteiger partial charge >= 0.3 is 0 Å². The summed E-state index contributed by atoms with van der Waals surface area (Å²) in [5.41, 5.74) is -0.318. The second kappa shape index (κ2) is 6.59. The molecule has 20 heavy (non-hydrogen) atoms. The average Bonchev–Trinajstić information content (AvgIpc) is 2.37. The van der Waals surface area contributed by atoms with Crippen molar-refractivity contribution in [3.63, 3.8) is 0 Å². The quantitative estimate of drug-likeness (QED) is 0.877. The summed E-state index contributed by atoms with van der Waals surface area (Å²) in [7, 11) is -3.45. The molecule has 6 heteroatoms. The number of rotatable bonds is 6. The van der Waals surface area contributed by atoms with Gasteiger partial charge in [0.05, 0.1) is 10.6 Å². The molecule has 0 aliphatic heterocycles. The molecule has 0 spiro atoms. The van der Waals surface area contributed by atoms with E-state index in [-0.39, 0.29) is 28.5 Å². The first-order chi connectivity index (χ1) is 9.16. The van der Waals surface area contributed by atoms with Gasteiger partial charge in [-0.2, -0.15) is 0 Å². The van der Waals surface area contributed by atoms with E-state index in [4.69, 9.17) is 11.6 Å². The van der Waals surface area contributed by atoms with Crippen molar-refractivity contribution in [3.05, 3.63) is 29.3 Å². The standard InChI is InChI=1S/C14H20ClNO3S/c1-4-14(2,3)16-13(17)9-10-20(18,19)12-7-5-11(15)6-8-12/h5-8H,4,9-10H2,1-3H3,(H,16,17). The van der Waals surface area contributed by atoms with E-state index in [2.05, 4.69) is 5.32 Å². The number of carbonyl (C=O) groups is 1. The van der Waals surface area contributed by atoms with Crippen molar-refractivity contribution in [2.24, 2.45) is 0 Å². The molecule has 1 aromatic rings. The summed E-state index contributed by atoms with van der Waals surface area (Å²) in [5, 5.41) is 3.29. The lowest BCUT2D eigenvalue weighted by atomic mass is 10.0. The van der Waals surface area contributed by atoms with Gasteiger partial charge in [-0.3, -0.25) is 4.79 Å². The molecular formula is C14H20ClNO3S. The zero-order chi connectivity index (χ0) is 15.4. The molecule has 0 radical (unpaired) electrons. The first kappa shape index (κ1) is 17.0. The first-order valence-corrected chi connectivity index (χ1v) is 8.49. The van der Waals surface area contributed by atoms with Gasteiger partial charge in [-0.1, -0.05) is 18.5 Å². The third-order valence-corrected chi connectivity index (χ3v) is 5.12. The van der Waals surface area contributed by atoms with Crippen molar-refractivity contribution in [2.45, 2.75) is 44.0 Å². The molecule has 0 fully saturated rings.